The Morgan fingerprint density at radius 1 is 1.12 bits per heavy atom. The molecule has 0 radical (unpaired) electrons. The second kappa shape index (κ2) is 9.51. The molecule has 0 spiro atoms. The topological polar surface area (TPSA) is 94.3 Å². The van der Waals surface area contributed by atoms with Crippen LogP contribution in [0.25, 0.3) is 27.3 Å². The quantitative estimate of drug-likeness (QED) is 0.266. The lowest BCUT2D eigenvalue weighted by molar-refractivity contribution is -0.118. The zero-order valence-electron chi connectivity index (χ0n) is 17.1. The number of thiazole rings is 1. The van der Waals surface area contributed by atoms with E-state index in [1.54, 1.807) is 35.6 Å². The van der Waals surface area contributed by atoms with Crippen molar-refractivity contribution in [3.8, 4) is 17.3 Å². The van der Waals surface area contributed by atoms with Gasteiger partial charge in [-0.1, -0.05) is 36.0 Å². The predicted octanol–water partition coefficient (Wildman–Crippen LogP) is 3.83. The van der Waals surface area contributed by atoms with Crippen molar-refractivity contribution in [2.45, 2.75) is 4.34 Å². The zero-order chi connectivity index (χ0) is 22.6. The number of aromatic nitrogens is 5. The molecule has 0 aliphatic heterocycles. The van der Waals surface area contributed by atoms with E-state index in [-0.39, 0.29) is 24.1 Å². The molecular formula is C22H17FN6O2S2. The summed E-state index contributed by atoms with van der Waals surface area (Å²) in [4.78, 5) is 16.6. The highest BCUT2D eigenvalue weighted by molar-refractivity contribution is 8.01. The number of thioether (sulfide) groups is 1. The van der Waals surface area contributed by atoms with Crippen LogP contribution in [0.5, 0.6) is 5.88 Å². The lowest BCUT2D eigenvalue weighted by atomic mass is 10.2. The first kappa shape index (κ1) is 21.3. The number of benzene rings is 2. The van der Waals surface area contributed by atoms with Gasteiger partial charge in [0.05, 0.1) is 22.5 Å². The first-order valence-electron chi connectivity index (χ1n) is 10.0. The maximum absolute atomic E-state index is 13.6. The molecule has 0 aliphatic rings. The van der Waals surface area contributed by atoms with E-state index < -0.39 is 0 Å². The van der Waals surface area contributed by atoms with E-state index in [0.29, 0.717) is 29.5 Å². The van der Waals surface area contributed by atoms with E-state index in [0.717, 1.165) is 14.6 Å². The minimum atomic E-state index is -0.367. The molecule has 3 aromatic heterocycles. The first-order valence-corrected chi connectivity index (χ1v) is 11.8. The number of amides is 1. The first-order chi connectivity index (χ1) is 16.2. The molecule has 5 aromatic rings. The molecule has 0 saturated heterocycles. The average Bonchev–Trinajstić information content (AvgIpc) is 3.44. The average molecular weight is 481 g/mol. The Balaban J connectivity index is 1.13. The number of hydrogen-bond acceptors (Lipinski definition) is 8. The lowest BCUT2D eigenvalue weighted by Crippen LogP contribution is -2.29. The highest BCUT2D eigenvalue weighted by Crippen LogP contribution is 2.29. The molecule has 166 valence electrons. The van der Waals surface area contributed by atoms with Crippen LogP contribution >= 0.6 is 23.1 Å². The molecular weight excluding hydrogens is 463 g/mol. The SMILES string of the molecule is O=C(CSc1nc2ccccc2s1)NCCOc1ccc2nnc(-c3cccc(F)c3)n2n1. The molecule has 1 amide bonds. The van der Waals surface area contributed by atoms with E-state index in [1.807, 2.05) is 24.3 Å². The van der Waals surface area contributed by atoms with Crippen molar-refractivity contribution < 1.29 is 13.9 Å². The van der Waals surface area contributed by atoms with E-state index in [9.17, 15) is 9.18 Å². The third kappa shape index (κ3) is 4.94. The van der Waals surface area contributed by atoms with Crippen LogP contribution in [0, 0.1) is 5.82 Å². The summed E-state index contributed by atoms with van der Waals surface area (Å²) in [5, 5.41) is 15.3. The highest BCUT2D eigenvalue weighted by Gasteiger charge is 2.12. The fourth-order valence-corrected chi connectivity index (χ4v) is 4.99. The number of para-hydroxylation sites is 1. The molecule has 0 fully saturated rings. The number of carbonyl (C=O) groups is 1. The summed E-state index contributed by atoms with van der Waals surface area (Å²) in [6, 6.07) is 17.3. The molecule has 0 atom stereocenters. The highest BCUT2D eigenvalue weighted by atomic mass is 32.2. The van der Waals surface area contributed by atoms with Gasteiger partial charge in [-0.3, -0.25) is 4.79 Å². The maximum atomic E-state index is 13.6. The Kier molecular flexibility index (Phi) is 6.13. The number of ether oxygens (including phenoxy) is 1. The van der Waals surface area contributed by atoms with Crippen LogP contribution in [-0.4, -0.2) is 49.6 Å². The Morgan fingerprint density at radius 3 is 2.91 bits per heavy atom. The van der Waals surface area contributed by atoms with Gasteiger partial charge < -0.3 is 10.1 Å². The van der Waals surface area contributed by atoms with Gasteiger partial charge in [-0.05, 0) is 30.3 Å². The van der Waals surface area contributed by atoms with Gasteiger partial charge >= 0.3 is 0 Å². The van der Waals surface area contributed by atoms with Crippen molar-refractivity contribution in [3.63, 3.8) is 0 Å². The standard InChI is InChI=1S/C22H17FN6O2S2/c23-15-5-3-4-14(12-15)21-27-26-18-8-9-20(28-29(18)21)31-11-10-24-19(30)13-32-22-25-16-6-1-2-7-17(16)33-22/h1-9,12H,10-11,13H2,(H,24,30). The van der Waals surface area contributed by atoms with E-state index in [1.165, 1.54) is 28.4 Å². The van der Waals surface area contributed by atoms with E-state index in [2.05, 4.69) is 25.6 Å². The van der Waals surface area contributed by atoms with Gasteiger partial charge in [-0.2, -0.15) is 4.52 Å². The normalized spacial score (nSPS) is 11.2. The number of halogens is 1. The van der Waals surface area contributed by atoms with E-state index in [4.69, 9.17) is 4.74 Å². The number of nitrogens with one attached hydrogen (secondary N) is 1. The van der Waals surface area contributed by atoms with Gasteiger partial charge in [0, 0.05) is 11.6 Å². The van der Waals surface area contributed by atoms with Crippen molar-refractivity contribution in [2.75, 3.05) is 18.9 Å². The molecule has 2 aromatic carbocycles. The van der Waals surface area contributed by atoms with Crippen molar-refractivity contribution in [1.82, 2.24) is 30.1 Å². The molecule has 33 heavy (non-hydrogen) atoms. The van der Waals surface area contributed by atoms with Gasteiger partial charge in [0.1, 0.15) is 12.4 Å². The number of hydrogen-bond donors (Lipinski definition) is 1. The Labute approximate surface area is 195 Å². The summed E-state index contributed by atoms with van der Waals surface area (Å²) in [5.41, 5.74) is 2.02. The summed E-state index contributed by atoms with van der Waals surface area (Å²) < 4.78 is 22.7. The second-order valence-electron chi connectivity index (χ2n) is 6.91. The van der Waals surface area contributed by atoms with Crippen LogP contribution in [0.2, 0.25) is 0 Å². The van der Waals surface area contributed by atoms with Crippen LogP contribution in [0.1, 0.15) is 0 Å². The molecule has 3 heterocycles. The summed E-state index contributed by atoms with van der Waals surface area (Å²) in [7, 11) is 0. The van der Waals surface area contributed by atoms with Crippen molar-refractivity contribution in [3.05, 3.63) is 66.5 Å². The lowest BCUT2D eigenvalue weighted by Gasteiger charge is -2.07. The predicted molar refractivity (Wildman–Crippen MR) is 125 cm³/mol. The molecule has 0 saturated carbocycles. The number of rotatable bonds is 8. The van der Waals surface area contributed by atoms with Crippen LogP contribution in [-0.2, 0) is 4.79 Å². The zero-order valence-corrected chi connectivity index (χ0v) is 18.8. The summed E-state index contributed by atoms with van der Waals surface area (Å²) in [6.07, 6.45) is 0. The van der Waals surface area contributed by atoms with E-state index >= 15 is 0 Å². The minimum absolute atomic E-state index is 0.0986. The van der Waals surface area contributed by atoms with Crippen molar-refractivity contribution in [1.29, 1.82) is 0 Å². The fourth-order valence-electron chi connectivity index (χ4n) is 3.09. The monoisotopic (exact) mass is 480 g/mol. The Morgan fingerprint density at radius 2 is 2.03 bits per heavy atom. The minimum Gasteiger partial charge on any atom is -0.475 e. The number of fused-ring (bicyclic) bond motifs is 2. The van der Waals surface area contributed by atoms with Crippen molar-refractivity contribution >= 4 is 44.9 Å². The third-order valence-corrected chi connectivity index (χ3v) is 6.78. The molecule has 5 rings (SSSR count). The van der Waals surface area contributed by atoms with Gasteiger partial charge in [-0.25, -0.2) is 9.37 Å². The second-order valence-corrected chi connectivity index (χ2v) is 9.16. The molecule has 8 nitrogen and oxygen atoms in total. The van der Waals surface area contributed by atoms with Crippen LogP contribution in [0.4, 0.5) is 4.39 Å². The molecule has 1 N–H and O–H groups in total. The smallest absolute Gasteiger partial charge is 0.231 e. The largest absolute Gasteiger partial charge is 0.475 e. The molecule has 11 heteroatoms. The third-order valence-electron chi connectivity index (χ3n) is 4.60. The molecule has 0 unspecified atom stereocenters. The van der Waals surface area contributed by atoms with Crippen LogP contribution in [0.15, 0.2) is 65.0 Å². The van der Waals surface area contributed by atoms with Gasteiger partial charge in [0.15, 0.2) is 15.8 Å². The van der Waals surface area contributed by atoms with Gasteiger partial charge in [0.2, 0.25) is 11.8 Å². The van der Waals surface area contributed by atoms with Gasteiger partial charge in [-0.15, -0.1) is 26.6 Å². The van der Waals surface area contributed by atoms with Gasteiger partial charge in [0.25, 0.3) is 0 Å². The number of nitrogens with zero attached hydrogens (tertiary/aromatic N) is 5. The number of carbonyl (C=O) groups excluding carboxylic acids is 1. The maximum Gasteiger partial charge on any atom is 0.231 e. The van der Waals surface area contributed by atoms with Crippen LogP contribution in [0.3, 0.4) is 0 Å². The summed E-state index contributed by atoms with van der Waals surface area (Å²) >= 11 is 2.98. The van der Waals surface area contributed by atoms with Crippen LogP contribution < -0.4 is 10.1 Å². The van der Waals surface area contributed by atoms with Crippen molar-refractivity contribution in [2.24, 2.45) is 0 Å². The Bertz CT molecular complexity index is 1400. The molecule has 0 bridgehead atoms. The Hall–Kier alpha value is -3.57. The summed E-state index contributed by atoms with van der Waals surface area (Å²) in [6.45, 7) is 0.575. The summed E-state index contributed by atoms with van der Waals surface area (Å²) in [5.74, 6) is 0.571. The fraction of sp³-hybridized carbons (Fsp3) is 0.136. The molecule has 0 aliphatic carbocycles.